The predicted octanol–water partition coefficient (Wildman–Crippen LogP) is 1.74. The zero-order valence-electron chi connectivity index (χ0n) is 10.0. The quantitative estimate of drug-likeness (QED) is 0.873. The number of sulfone groups is 1. The molecule has 0 aliphatic heterocycles. The van der Waals surface area contributed by atoms with Gasteiger partial charge in [0.15, 0.2) is 0 Å². The number of nitrogens with two attached hydrogens (primary N) is 1. The molecule has 1 aromatic carbocycles. The monoisotopic (exact) mass is 241 g/mol. The minimum absolute atomic E-state index is 0.140. The topological polar surface area (TPSA) is 60.2 Å². The molecule has 3 nitrogen and oxygen atoms in total. The molecule has 4 heteroatoms. The Hall–Kier alpha value is -0.870. The Morgan fingerprint density at radius 2 is 1.94 bits per heavy atom. The molecule has 1 rings (SSSR count). The summed E-state index contributed by atoms with van der Waals surface area (Å²) in [6.07, 6.45) is 1.71. The van der Waals surface area contributed by atoms with E-state index in [1.54, 1.807) is 0 Å². The van der Waals surface area contributed by atoms with Gasteiger partial charge in [-0.25, -0.2) is 8.42 Å². The average molecular weight is 241 g/mol. The highest BCUT2D eigenvalue weighted by atomic mass is 32.2. The number of aryl methyl sites for hydroxylation is 2. The highest BCUT2D eigenvalue weighted by molar-refractivity contribution is 7.90. The van der Waals surface area contributed by atoms with Crippen LogP contribution >= 0.6 is 0 Å². The maximum Gasteiger partial charge on any atom is 0.147 e. The summed E-state index contributed by atoms with van der Waals surface area (Å²) in [5.74, 6) is 0.140. The maximum atomic E-state index is 11.1. The van der Waals surface area contributed by atoms with Gasteiger partial charge in [0.1, 0.15) is 9.84 Å². The third-order valence-corrected chi connectivity index (χ3v) is 3.61. The normalized spacial score (nSPS) is 13.8. The van der Waals surface area contributed by atoms with E-state index in [0.717, 1.165) is 16.7 Å². The van der Waals surface area contributed by atoms with Gasteiger partial charge < -0.3 is 5.73 Å². The summed E-state index contributed by atoms with van der Waals surface area (Å²) in [5.41, 5.74) is 9.32. The van der Waals surface area contributed by atoms with Crippen LogP contribution in [0.4, 0.5) is 0 Å². The second-order valence-corrected chi connectivity index (χ2v) is 6.64. The summed E-state index contributed by atoms with van der Waals surface area (Å²) in [7, 11) is -2.93. The van der Waals surface area contributed by atoms with Crippen molar-refractivity contribution < 1.29 is 8.42 Å². The predicted molar refractivity (Wildman–Crippen MR) is 67.2 cm³/mol. The first kappa shape index (κ1) is 13.2. The van der Waals surface area contributed by atoms with E-state index in [-0.39, 0.29) is 11.8 Å². The van der Waals surface area contributed by atoms with Gasteiger partial charge in [-0.1, -0.05) is 23.8 Å². The van der Waals surface area contributed by atoms with Crippen LogP contribution in [0.1, 0.15) is 29.2 Å². The summed E-state index contributed by atoms with van der Waals surface area (Å²) in [6, 6.07) is 5.88. The van der Waals surface area contributed by atoms with Gasteiger partial charge in [0.05, 0.1) is 5.75 Å². The molecule has 90 valence electrons. The minimum atomic E-state index is -2.93. The van der Waals surface area contributed by atoms with Crippen molar-refractivity contribution in [1.82, 2.24) is 0 Å². The van der Waals surface area contributed by atoms with Gasteiger partial charge in [0, 0.05) is 12.3 Å². The molecule has 0 saturated carbocycles. The molecule has 0 aliphatic carbocycles. The smallest absolute Gasteiger partial charge is 0.147 e. The Labute approximate surface area is 97.6 Å². The van der Waals surface area contributed by atoms with Gasteiger partial charge in [0.2, 0.25) is 0 Å². The first-order valence-electron chi connectivity index (χ1n) is 5.30. The van der Waals surface area contributed by atoms with Crippen LogP contribution in [0.3, 0.4) is 0 Å². The van der Waals surface area contributed by atoms with Gasteiger partial charge in [-0.05, 0) is 31.4 Å². The summed E-state index contributed by atoms with van der Waals surface area (Å²) < 4.78 is 22.1. The summed E-state index contributed by atoms with van der Waals surface area (Å²) >= 11 is 0. The molecule has 1 atom stereocenters. The van der Waals surface area contributed by atoms with Crippen molar-refractivity contribution in [3.05, 3.63) is 34.9 Å². The van der Waals surface area contributed by atoms with Gasteiger partial charge in [0.25, 0.3) is 0 Å². The Morgan fingerprint density at radius 3 is 2.50 bits per heavy atom. The zero-order chi connectivity index (χ0) is 12.3. The fourth-order valence-electron chi connectivity index (χ4n) is 1.66. The lowest BCUT2D eigenvalue weighted by atomic mass is 9.98. The van der Waals surface area contributed by atoms with Crippen molar-refractivity contribution >= 4 is 9.84 Å². The summed E-state index contributed by atoms with van der Waals surface area (Å²) in [4.78, 5) is 0. The molecule has 0 bridgehead atoms. The highest BCUT2D eigenvalue weighted by Crippen LogP contribution is 2.20. The third-order valence-electron chi connectivity index (χ3n) is 2.63. The summed E-state index contributed by atoms with van der Waals surface area (Å²) in [5, 5.41) is 0. The van der Waals surface area contributed by atoms with Crippen LogP contribution in [0.2, 0.25) is 0 Å². The molecule has 0 radical (unpaired) electrons. The first-order chi connectivity index (χ1) is 7.29. The molecule has 1 unspecified atom stereocenters. The van der Waals surface area contributed by atoms with Crippen molar-refractivity contribution in [2.45, 2.75) is 26.3 Å². The van der Waals surface area contributed by atoms with E-state index in [2.05, 4.69) is 0 Å². The van der Waals surface area contributed by atoms with Crippen LogP contribution in [0.25, 0.3) is 0 Å². The molecular weight excluding hydrogens is 222 g/mol. The van der Waals surface area contributed by atoms with Gasteiger partial charge >= 0.3 is 0 Å². The van der Waals surface area contributed by atoms with Crippen LogP contribution in [0, 0.1) is 13.8 Å². The van der Waals surface area contributed by atoms with Gasteiger partial charge in [-0.15, -0.1) is 0 Å². The second-order valence-electron chi connectivity index (χ2n) is 4.39. The lowest BCUT2D eigenvalue weighted by Crippen LogP contribution is -2.16. The van der Waals surface area contributed by atoms with Crippen LogP contribution < -0.4 is 5.73 Å². The van der Waals surface area contributed by atoms with E-state index in [9.17, 15) is 8.42 Å². The van der Waals surface area contributed by atoms with Crippen molar-refractivity contribution in [3.63, 3.8) is 0 Å². The Morgan fingerprint density at radius 1 is 1.31 bits per heavy atom. The summed E-state index contributed by atoms with van der Waals surface area (Å²) in [6.45, 7) is 4.00. The lowest BCUT2D eigenvalue weighted by molar-refractivity contribution is 0.591. The Bertz CT molecular complexity index is 466. The Balaban J connectivity index is 2.80. The SMILES string of the molecule is Cc1ccc(C)c(C(N)CCS(C)(=O)=O)c1. The molecule has 0 fully saturated rings. The molecule has 0 aromatic heterocycles. The molecule has 1 aromatic rings. The largest absolute Gasteiger partial charge is 0.324 e. The average Bonchev–Trinajstić information content (AvgIpc) is 2.17. The number of hydrogen-bond acceptors (Lipinski definition) is 3. The third kappa shape index (κ3) is 3.94. The molecule has 0 heterocycles. The molecule has 2 N–H and O–H groups in total. The number of benzene rings is 1. The highest BCUT2D eigenvalue weighted by Gasteiger charge is 2.12. The fourth-order valence-corrected chi connectivity index (χ4v) is 2.34. The molecule has 0 amide bonds. The lowest BCUT2D eigenvalue weighted by Gasteiger charge is -2.15. The fraction of sp³-hybridized carbons (Fsp3) is 0.500. The van der Waals surface area contributed by atoms with Crippen molar-refractivity contribution in [3.8, 4) is 0 Å². The van der Waals surface area contributed by atoms with E-state index in [1.807, 2.05) is 32.0 Å². The van der Waals surface area contributed by atoms with Crippen LogP contribution in [0.5, 0.6) is 0 Å². The van der Waals surface area contributed by atoms with Crippen LogP contribution in [0.15, 0.2) is 18.2 Å². The minimum Gasteiger partial charge on any atom is -0.324 e. The van der Waals surface area contributed by atoms with E-state index in [1.165, 1.54) is 6.26 Å². The molecule has 0 spiro atoms. The first-order valence-corrected chi connectivity index (χ1v) is 7.36. The van der Waals surface area contributed by atoms with E-state index in [4.69, 9.17) is 5.73 Å². The molecular formula is C12H19NO2S. The van der Waals surface area contributed by atoms with Crippen molar-refractivity contribution in [2.75, 3.05) is 12.0 Å². The Kier molecular flexibility index (Phi) is 4.10. The van der Waals surface area contributed by atoms with E-state index >= 15 is 0 Å². The second kappa shape index (κ2) is 4.97. The van der Waals surface area contributed by atoms with E-state index < -0.39 is 9.84 Å². The molecule has 0 saturated heterocycles. The number of hydrogen-bond donors (Lipinski definition) is 1. The number of rotatable bonds is 4. The maximum absolute atomic E-state index is 11.1. The molecule has 16 heavy (non-hydrogen) atoms. The van der Waals surface area contributed by atoms with Crippen molar-refractivity contribution in [1.29, 1.82) is 0 Å². The van der Waals surface area contributed by atoms with Crippen LogP contribution in [-0.4, -0.2) is 20.4 Å². The zero-order valence-corrected chi connectivity index (χ0v) is 10.8. The van der Waals surface area contributed by atoms with E-state index in [0.29, 0.717) is 6.42 Å². The van der Waals surface area contributed by atoms with Gasteiger partial charge in [-0.3, -0.25) is 0 Å². The van der Waals surface area contributed by atoms with Gasteiger partial charge in [-0.2, -0.15) is 0 Å². The van der Waals surface area contributed by atoms with Crippen molar-refractivity contribution in [2.24, 2.45) is 5.73 Å². The molecule has 0 aliphatic rings. The van der Waals surface area contributed by atoms with Crippen LogP contribution in [-0.2, 0) is 9.84 Å². The standard InChI is InChI=1S/C12H19NO2S/c1-9-4-5-10(2)11(8-9)12(13)6-7-16(3,14)15/h4-5,8,12H,6-7,13H2,1-3H3.